The molecule has 0 bridgehead atoms. The number of hydrogen-bond acceptors (Lipinski definition) is 2. The maximum absolute atomic E-state index is 13.8. The second kappa shape index (κ2) is 4.65. The molecule has 0 radical (unpaired) electrons. The van der Waals surface area contributed by atoms with Crippen molar-refractivity contribution in [1.29, 1.82) is 0 Å². The Morgan fingerprint density at radius 1 is 1.44 bits per heavy atom. The number of carbonyl (C=O) groups is 1. The van der Waals surface area contributed by atoms with Crippen LogP contribution in [0.2, 0.25) is 0 Å². The Balaban J connectivity index is 2.24. The third-order valence-electron chi connectivity index (χ3n) is 3.44. The molecular formula is C13H16F2N2O. The Kier molecular flexibility index (Phi) is 3.34. The number of anilines is 1. The molecule has 1 aromatic carbocycles. The lowest BCUT2D eigenvalue weighted by atomic mass is 9.88. The van der Waals surface area contributed by atoms with E-state index >= 15 is 0 Å². The van der Waals surface area contributed by atoms with E-state index in [0.29, 0.717) is 18.5 Å². The summed E-state index contributed by atoms with van der Waals surface area (Å²) in [6, 6.07) is 2.50. The zero-order valence-corrected chi connectivity index (χ0v) is 10.4. The van der Waals surface area contributed by atoms with Crippen LogP contribution in [0.5, 0.6) is 0 Å². The smallest absolute Gasteiger partial charge is 0.231 e. The Labute approximate surface area is 105 Å². The van der Waals surface area contributed by atoms with E-state index in [1.165, 1.54) is 13.0 Å². The van der Waals surface area contributed by atoms with Crippen molar-refractivity contribution in [3.05, 3.63) is 29.3 Å². The molecule has 3 nitrogen and oxygen atoms in total. The van der Waals surface area contributed by atoms with E-state index in [1.807, 2.05) is 0 Å². The fourth-order valence-corrected chi connectivity index (χ4v) is 2.05. The normalized spacial score (nSPS) is 23.1. The number of benzene rings is 1. The highest BCUT2D eigenvalue weighted by atomic mass is 19.1. The van der Waals surface area contributed by atoms with Gasteiger partial charge in [0.2, 0.25) is 5.91 Å². The van der Waals surface area contributed by atoms with Crippen molar-refractivity contribution < 1.29 is 13.6 Å². The van der Waals surface area contributed by atoms with Crippen molar-refractivity contribution in [3.63, 3.8) is 0 Å². The van der Waals surface area contributed by atoms with E-state index in [0.717, 1.165) is 12.6 Å². The molecule has 1 aliphatic heterocycles. The van der Waals surface area contributed by atoms with Gasteiger partial charge in [0, 0.05) is 6.54 Å². The second-order valence-electron chi connectivity index (χ2n) is 4.99. The Bertz CT molecular complexity index is 482. The summed E-state index contributed by atoms with van der Waals surface area (Å²) in [5.41, 5.74) is -0.655. The maximum atomic E-state index is 13.8. The van der Waals surface area contributed by atoms with Crippen molar-refractivity contribution in [2.75, 3.05) is 18.4 Å². The minimum atomic E-state index is -0.749. The lowest BCUT2D eigenvalue weighted by Crippen LogP contribution is -2.35. The van der Waals surface area contributed by atoms with Crippen LogP contribution in [0.1, 0.15) is 18.9 Å². The molecule has 1 unspecified atom stereocenters. The molecule has 5 heteroatoms. The predicted octanol–water partition coefficient (Wildman–Crippen LogP) is 2.21. The monoisotopic (exact) mass is 254 g/mol. The molecule has 1 amide bonds. The number of carbonyl (C=O) groups excluding carboxylic acids is 1. The van der Waals surface area contributed by atoms with Crippen LogP contribution < -0.4 is 10.6 Å². The molecule has 1 atom stereocenters. The van der Waals surface area contributed by atoms with Crippen LogP contribution in [-0.4, -0.2) is 19.0 Å². The summed E-state index contributed by atoms with van der Waals surface area (Å²) in [6.07, 6.45) is 0.661. The van der Waals surface area contributed by atoms with Crippen LogP contribution in [0.4, 0.5) is 14.5 Å². The number of rotatable bonds is 2. The minimum Gasteiger partial charge on any atom is -0.321 e. The van der Waals surface area contributed by atoms with Gasteiger partial charge in [-0.2, -0.15) is 0 Å². The third kappa shape index (κ3) is 2.22. The molecular weight excluding hydrogens is 238 g/mol. The van der Waals surface area contributed by atoms with Crippen molar-refractivity contribution in [1.82, 2.24) is 5.32 Å². The van der Waals surface area contributed by atoms with E-state index < -0.39 is 17.0 Å². The molecule has 1 heterocycles. The van der Waals surface area contributed by atoms with Crippen molar-refractivity contribution >= 4 is 11.6 Å². The third-order valence-corrected chi connectivity index (χ3v) is 3.44. The van der Waals surface area contributed by atoms with Gasteiger partial charge in [0.25, 0.3) is 0 Å². The van der Waals surface area contributed by atoms with Crippen LogP contribution in [0, 0.1) is 24.0 Å². The molecule has 2 N–H and O–H groups in total. The fraction of sp³-hybridized carbons (Fsp3) is 0.462. The van der Waals surface area contributed by atoms with Gasteiger partial charge in [0.05, 0.1) is 5.41 Å². The minimum absolute atomic E-state index is 0.307. The summed E-state index contributed by atoms with van der Waals surface area (Å²) in [5.74, 6) is -1.81. The first-order chi connectivity index (χ1) is 8.44. The van der Waals surface area contributed by atoms with Crippen molar-refractivity contribution in [2.24, 2.45) is 5.41 Å². The first kappa shape index (κ1) is 13.0. The molecule has 0 spiro atoms. The number of amides is 1. The number of aryl methyl sites for hydroxylation is 1. The second-order valence-corrected chi connectivity index (χ2v) is 4.99. The van der Waals surface area contributed by atoms with E-state index in [-0.39, 0.29) is 11.6 Å². The maximum Gasteiger partial charge on any atom is 0.231 e. The molecule has 0 aliphatic carbocycles. The van der Waals surface area contributed by atoms with Crippen LogP contribution in [0.15, 0.2) is 12.1 Å². The van der Waals surface area contributed by atoms with E-state index in [9.17, 15) is 13.6 Å². The van der Waals surface area contributed by atoms with Gasteiger partial charge in [-0.3, -0.25) is 4.79 Å². The average Bonchev–Trinajstić information content (AvgIpc) is 2.78. The van der Waals surface area contributed by atoms with E-state index in [4.69, 9.17) is 0 Å². The van der Waals surface area contributed by atoms with Crippen LogP contribution in [0.3, 0.4) is 0 Å². The number of halogens is 2. The number of nitrogens with one attached hydrogen (secondary N) is 2. The number of hydrogen-bond donors (Lipinski definition) is 2. The van der Waals surface area contributed by atoms with E-state index in [1.54, 1.807) is 6.92 Å². The van der Waals surface area contributed by atoms with E-state index in [2.05, 4.69) is 10.6 Å². The fourth-order valence-electron chi connectivity index (χ4n) is 2.05. The average molecular weight is 254 g/mol. The highest BCUT2D eigenvalue weighted by Crippen LogP contribution is 2.28. The summed E-state index contributed by atoms with van der Waals surface area (Å²) in [7, 11) is 0. The molecule has 0 aromatic heterocycles. The molecule has 1 aromatic rings. The van der Waals surface area contributed by atoms with Crippen LogP contribution in [-0.2, 0) is 4.79 Å². The van der Waals surface area contributed by atoms with Gasteiger partial charge < -0.3 is 10.6 Å². The van der Waals surface area contributed by atoms with Gasteiger partial charge in [0.15, 0.2) is 5.82 Å². The van der Waals surface area contributed by atoms with Gasteiger partial charge in [-0.15, -0.1) is 0 Å². The van der Waals surface area contributed by atoms with Crippen molar-refractivity contribution in [2.45, 2.75) is 20.3 Å². The van der Waals surface area contributed by atoms with Crippen LogP contribution in [0.25, 0.3) is 0 Å². The lowest BCUT2D eigenvalue weighted by molar-refractivity contribution is -0.123. The van der Waals surface area contributed by atoms with Crippen molar-refractivity contribution in [3.8, 4) is 0 Å². The highest BCUT2D eigenvalue weighted by molar-refractivity contribution is 5.95. The Morgan fingerprint density at radius 2 is 2.17 bits per heavy atom. The molecule has 0 saturated carbocycles. The summed E-state index contributed by atoms with van der Waals surface area (Å²) < 4.78 is 27.3. The summed E-state index contributed by atoms with van der Waals surface area (Å²) in [5, 5.41) is 5.44. The SMILES string of the molecule is Cc1ccc(F)c(NC(=O)C2(C)CCNC2)c1F. The quantitative estimate of drug-likeness (QED) is 0.849. The highest BCUT2D eigenvalue weighted by Gasteiger charge is 2.37. The van der Waals surface area contributed by atoms with Gasteiger partial charge >= 0.3 is 0 Å². The van der Waals surface area contributed by atoms with Gasteiger partial charge in [0.1, 0.15) is 11.5 Å². The molecule has 1 saturated heterocycles. The predicted molar refractivity (Wildman–Crippen MR) is 65.3 cm³/mol. The summed E-state index contributed by atoms with van der Waals surface area (Å²) in [6.45, 7) is 4.58. The summed E-state index contributed by atoms with van der Waals surface area (Å²) in [4.78, 5) is 12.1. The Hall–Kier alpha value is -1.49. The molecule has 1 fully saturated rings. The topological polar surface area (TPSA) is 41.1 Å². The molecule has 18 heavy (non-hydrogen) atoms. The molecule has 2 rings (SSSR count). The molecule has 1 aliphatic rings. The van der Waals surface area contributed by atoms with Gasteiger partial charge in [-0.25, -0.2) is 8.78 Å². The Morgan fingerprint density at radius 3 is 2.78 bits per heavy atom. The van der Waals surface area contributed by atoms with Crippen LogP contribution >= 0.6 is 0 Å². The first-order valence-electron chi connectivity index (χ1n) is 5.91. The van der Waals surface area contributed by atoms with Gasteiger partial charge in [-0.05, 0) is 38.4 Å². The first-order valence-corrected chi connectivity index (χ1v) is 5.91. The lowest BCUT2D eigenvalue weighted by Gasteiger charge is -2.22. The standard InChI is InChI=1S/C13H16F2N2O/c1-8-3-4-9(14)11(10(8)15)17-12(18)13(2)5-6-16-7-13/h3-4,16H,5-7H2,1-2H3,(H,17,18). The zero-order valence-electron chi connectivity index (χ0n) is 10.4. The largest absolute Gasteiger partial charge is 0.321 e. The van der Waals surface area contributed by atoms with Gasteiger partial charge in [-0.1, -0.05) is 6.07 Å². The molecule has 98 valence electrons. The zero-order chi connectivity index (χ0) is 13.3. The summed E-state index contributed by atoms with van der Waals surface area (Å²) >= 11 is 0.